The highest BCUT2D eigenvalue weighted by Gasteiger charge is 2.23. The van der Waals surface area contributed by atoms with Crippen molar-refractivity contribution in [1.82, 2.24) is 9.55 Å². The number of benzene rings is 2. The minimum absolute atomic E-state index is 0.0569. The summed E-state index contributed by atoms with van der Waals surface area (Å²) >= 11 is 0. The number of carbonyl (C=O) groups is 1. The summed E-state index contributed by atoms with van der Waals surface area (Å²) in [7, 11) is 0. The summed E-state index contributed by atoms with van der Waals surface area (Å²) in [6.45, 7) is 0.124. The highest BCUT2D eigenvalue weighted by Crippen LogP contribution is 2.26. The lowest BCUT2D eigenvalue weighted by Gasteiger charge is -2.14. The van der Waals surface area contributed by atoms with Gasteiger partial charge in [-0.05, 0) is 29.8 Å². The number of aromatic hydroxyl groups is 1. The summed E-state index contributed by atoms with van der Waals surface area (Å²) in [6, 6.07) is 15.0. The Labute approximate surface area is 169 Å². The second-order valence-electron chi connectivity index (χ2n) is 6.56. The molecule has 0 atom stereocenters. The van der Waals surface area contributed by atoms with Crippen molar-refractivity contribution in [3.63, 3.8) is 0 Å². The molecule has 0 aliphatic carbocycles. The molecule has 0 spiro atoms. The van der Waals surface area contributed by atoms with Crippen LogP contribution in [-0.2, 0) is 6.54 Å². The average Bonchev–Trinajstić information content (AvgIpc) is 2.74. The third-order valence-corrected chi connectivity index (χ3v) is 4.58. The van der Waals surface area contributed by atoms with E-state index in [1.165, 1.54) is 16.8 Å². The molecule has 4 rings (SSSR count). The van der Waals surface area contributed by atoms with Crippen molar-refractivity contribution in [2.24, 2.45) is 0 Å². The molecule has 2 aromatic carbocycles. The van der Waals surface area contributed by atoms with Crippen LogP contribution >= 0.6 is 0 Å². The van der Waals surface area contributed by atoms with E-state index in [0.717, 1.165) is 23.8 Å². The van der Waals surface area contributed by atoms with Crippen LogP contribution in [0.5, 0.6) is 5.75 Å². The molecule has 8 heteroatoms. The lowest BCUT2D eigenvalue weighted by atomic mass is 10.1. The molecule has 1 amide bonds. The quantitative estimate of drug-likeness (QED) is 0.541. The summed E-state index contributed by atoms with van der Waals surface area (Å²) in [5.74, 6) is -3.71. The lowest BCUT2D eigenvalue weighted by molar-refractivity contribution is 0.102. The fourth-order valence-electron chi connectivity index (χ4n) is 3.15. The number of fused-ring (bicyclic) bond motifs is 1. The molecule has 30 heavy (non-hydrogen) atoms. The van der Waals surface area contributed by atoms with Gasteiger partial charge in [-0.2, -0.15) is 0 Å². The van der Waals surface area contributed by atoms with Gasteiger partial charge < -0.3 is 10.4 Å². The maximum atomic E-state index is 13.5. The second kappa shape index (κ2) is 7.75. The van der Waals surface area contributed by atoms with E-state index in [4.69, 9.17) is 0 Å². The SMILES string of the molecule is O=C(Nc1ccc(F)c(F)c1)c1c(O)c2cccnc2n(Cc2ccccc2)c1=O. The molecule has 0 saturated heterocycles. The second-order valence-corrected chi connectivity index (χ2v) is 6.56. The summed E-state index contributed by atoms with van der Waals surface area (Å²) in [5, 5.41) is 13.2. The number of nitrogens with one attached hydrogen (secondary N) is 1. The first-order chi connectivity index (χ1) is 14.5. The number of halogens is 2. The largest absolute Gasteiger partial charge is 0.506 e. The monoisotopic (exact) mass is 407 g/mol. The Bertz CT molecular complexity index is 1320. The highest BCUT2D eigenvalue weighted by molar-refractivity contribution is 6.08. The Kier molecular flexibility index (Phi) is 4.97. The number of amides is 1. The molecule has 0 fully saturated rings. The molecule has 0 unspecified atom stereocenters. The predicted octanol–water partition coefficient (Wildman–Crippen LogP) is 3.68. The van der Waals surface area contributed by atoms with E-state index in [-0.39, 0.29) is 23.3 Å². The molecule has 0 saturated carbocycles. The first kappa shape index (κ1) is 19.3. The third-order valence-electron chi connectivity index (χ3n) is 4.58. The highest BCUT2D eigenvalue weighted by atomic mass is 19.2. The van der Waals surface area contributed by atoms with Crippen LogP contribution in [0.2, 0.25) is 0 Å². The van der Waals surface area contributed by atoms with Gasteiger partial charge in [0, 0.05) is 18.0 Å². The van der Waals surface area contributed by atoms with Gasteiger partial charge >= 0.3 is 0 Å². The lowest BCUT2D eigenvalue weighted by Crippen LogP contribution is -2.30. The topological polar surface area (TPSA) is 84.2 Å². The van der Waals surface area contributed by atoms with E-state index in [0.29, 0.717) is 0 Å². The number of rotatable bonds is 4. The van der Waals surface area contributed by atoms with Crippen molar-refractivity contribution in [3.05, 3.63) is 100.0 Å². The molecule has 4 aromatic rings. The average molecular weight is 407 g/mol. The first-order valence-electron chi connectivity index (χ1n) is 8.96. The van der Waals surface area contributed by atoms with Crippen molar-refractivity contribution in [3.8, 4) is 5.75 Å². The standard InChI is InChI=1S/C22H15F2N3O3/c23-16-9-8-14(11-17(16)24)26-21(29)18-19(28)15-7-4-10-25-20(15)27(22(18)30)12-13-5-2-1-3-6-13/h1-11,28H,12H2,(H,26,29). The van der Waals surface area contributed by atoms with Gasteiger partial charge in [0.05, 0.1) is 11.9 Å². The van der Waals surface area contributed by atoms with Gasteiger partial charge in [0.1, 0.15) is 17.0 Å². The van der Waals surface area contributed by atoms with Gasteiger partial charge in [-0.1, -0.05) is 30.3 Å². The summed E-state index contributed by atoms with van der Waals surface area (Å²) in [6.07, 6.45) is 1.48. The zero-order valence-corrected chi connectivity index (χ0v) is 15.5. The van der Waals surface area contributed by atoms with E-state index >= 15 is 0 Å². The fourth-order valence-corrected chi connectivity index (χ4v) is 3.15. The first-order valence-corrected chi connectivity index (χ1v) is 8.96. The molecule has 6 nitrogen and oxygen atoms in total. The number of nitrogens with zero attached hydrogens (tertiary/aromatic N) is 2. The van der Waals surface area contributed by atoms with E-state index in [1.54, 1.807) is 6.07 Å². The zero-order valence-electron chi connectivity index (χ0n) is 15.5. The maximum Gasteiger partial charge on any atom is 0.269 e. The van der Waals surface area contributed by atoms with Crippen LogP contribution in [-0.4, -0.2) is 20.6 Å². The Balaban J connectivity index is 1.84. The van der Waals surface area contributed by atoms with Crippen molar-refractivity contribution < 1.29 is 18.7 Å². The zero-order chi connectivity index (χ0) is 21.3. The van der Waals surface area contributed by atoms with Crippen LogP contribution < -0.4 is 10.9 Å². The van der Waals surface area contributed by atoms with Crippen molar-refractivity contribution in [1.29, 1.82) is 0 Å². The third kappa shape index (κ3) is 3.50. The van der Waals surface area contributed by atoms with E-state index < -0.39 is 34.4 Å². The Hall–Kier alpha value is -4.07. The number of anilines is 1. The van der Waals surface area contributed by atoms with Crippen LogP contribution in [0.3, 0.4) is 0 Å². The minimum atomic E-state index is -1.15. The van der Waals surface area contributed by atoms with Crippen LogP contribution in [0, 0.1) is 11.6 Å². The summed E-state index contributed by atoms with van der Waals surface area (Å²) in [4.78, 5) is 30.1. The van der Waals surface area contributed by atoms with E-state index in [2.05, 4.69) is 10.3 Å². The van der Waals surface area contributed by atoms with Crippen molar-refractivity contribution in [2.75, 3.05) is 5.32 Å². The minimum Gasteiger partial charge on any atom is -0.506 e. The number of hydrogen-bond acceptors (Lipinski definition) is 4. The maximum absolute atomic E-state index is 13.5. The number of pyridine rings is 2. The van der Waals surface area contributed by atoms with Gasteiger partial charge in [-0.25, -0.2) is 13.8 Å². The van der Waals surface area contributed by atoms with Crippen LogP contribution in [0.1, 0.15) is 15.9 Å². The fraction of sp³-hybridized carbons (Fsp3) is 0.0455. The molecule has 0 radical (unpaired) electrons. The van der Waals surface area contributed by atoms with E-state index in [9.17, 15) is 23.5 Å². The van der Waals surface area contributed by atoms with Crippen LogP contribution in [0.4, 0.5) is 14.5 Å². The van der Waals surface area contributed by atoms with Gasteiger partial charge in [-0.3, -0.25) is 14.2 Å². The van der Waals surface area contributed by atoms with E-state index in [1.807, 2.05) is 30.3 Å². The number of aromatic nitrogens is 2. The van der Waals surface area contributed by atoms with Gasteiger partial charge in [0.25, 0.3) is 11.5 Å². The molecule has 0 bridgehead atoms. The summed E-state index contributed by atoms with van der Waals surface area (Å²) in [5.41, 5.74) is -0.324. The van der Waals surface area contributed by atoms with Gasteiger partial charge in [0.15, 0.2) is 11.6 Å². The van der Waals surface area contributed by atoms with Crippen molar-refractivity contribution in [2.45, 2.75) is 6.54 Å². The Morgan fingerprint density at radius 3 is 2.53 bits per heavy atom. The van der Waals surface area contributed by atoms with Crippen molar-refractivity contribution >= 4 is 22.6 Å². The van der Waals surface area contributed by atoms with Gasteiger partial charge in [0.2, 0.25) is 0 Å². The van der Waals surface area contributed by atoms with Crippen LogP contribution in [0.15, 0.2) is 71.7 Å². The normalized spacial score (nSPS) is 10.9. The molecule has 2 aromatic heterocycles. The molecule has 2 heterocycles. The van der Waals surface area contributed by atoms with Gasteiger partial charge in [-0.15, -0.1) is 0 Å². The molecule has 0 aliphatic heterocycles. The molecule has 0 aliphatic rings. The molecular formula is C22H15F2N3O3. The smallest absolute Gasteiger partial charge is 0.269 e. The molecule has 150 valence electrons. The summed E-state index contributed by atoms with van der Waals surface area (Å²) < 4.78 is 27.9. The Morgan fingerprint density at radius 2 is 1.80 bits per heavy atom. The molecular weight excluding hydrogens is 392 g/mol. The Morgan fingerprint density at radius 1 is 1.03 bits per heavy atom. The number of hydrogen-bond donors (Lipinski definition) is 2. The molecule has 2 N–H and O–H groups in total. The number of carbonyl (C=O) groups excluding carboxylic acids is 1. The predicted molar refractivity (Wildman–Crippen MR) is 108 cm³/mol. The van der Waals surface area contributed by atoms with Crippen LogP contribution in [0.25, 0.3) is 11.0 Å².